The van der Waals surface area contributed by atoms with Crippen molar-refractivity contribution in [3.8, 4) is 11.3 Å². The number of ether oxygens (including phenoxy) is 1. The molecular formula is C17H20N4O2S. The van der Waals surface area contributed by atoms with Gasteiger partial charge in [0.2, 0.25) is 5.89 Å². The molecule has 0 saturated carbocycles. The van der Waals surface area contributed by atoms with E-state index in [-0.39, 0.29) is 6.10 Å². The van der Waals surface area contributed by atoms with Crippen molar-refractivity contribution in [2.45, 2.75) is 31.7 Å². The van der Waals surface area contributed by atoms with Crippen LogP contribution in [-0.4, -0.2) is 32.6 Å². The number of benzene rings is 1. The molecule has 0 aliphatic carbocycles. The van der Waals surface area contributed by atoms with E-state index in [9.17, 15) is 0 Å². The monoisotopic (exact) mass is 344 g/mol. The largest absolute Gasteiger partial charge is 0.371 e. The molecule has 6 nitrogen and oxygen atoms in total. The minimum Gasteiger partial charge on any atom is -0.371 e. The van der Waals surface area contributed by atoms with E-state index in [2.05, 4.69) is 15.1 Å². The van der Waals surface area contributed by atoms with Crippen LogP contribution in [-0.2, 0) is 11.3 Å². The molecule has 0 aliphatic heterocycles. The van der Waals surface area contributed by atoms with Crippen molar-refractivity contribution < 1.29 is 9.26 Å². The van der Waals surface area contributed by atoms with Gasteiger partial charge in [-0.25, -0.2) is 4.98 Å². The van der Waals surface area contributed by atoms with Gasteiger partial charge in [-0.05, 0) is 20.1 Å². The molecular weight excluding hydrogens is 324 g/mol. The molecule has 1 aromatic carbocycles. The Morgan fingerprint density at radius 2 is 2.04 bits per heavy atom. The molecule has 0 saturated heterocycles. The topological polar surface area (TPSA) is 66.0 Å². The fourth-order valence-electron chi connectivity index (χ4n) is 2.39. The van der Waals surface area contributed by atoms with Crippen LogP contribution in [0.2, 0.25) is 0 Å². The zero-order valence-corrected chi connectivity index (χ0v) is 14.8. The maximum Gasteiger partial charge on any atom is 0.246 e. The molecule has 0 amide bonds. The minimum atomic E-state index is -0.171. The number of hydrogen-bond acceptors (Lipinski definition) is 6. The fraction of sp³-hybridized carbons (Fsp3) is 0.353. The molecule has 3 aromatic rings. The number of hydrogen-bond donors (Lipinski definition) is 0. The molecule has 24 heavy (non-hydrogen) atoms. The van der Waals surface area contributed by atoms with E-state index in [1.807, 2.05) is 61.2 Å². The predicted octanol–water partition coefficient (Wildman–Crippen LogP) is 3.80. The molecule has 0 aliphatic rings. The van der Waals surface area contributed by atoms with Gasteiger partial charge in [0, 0.05) is 18.4 Å². The molecule has 0 radical (unpaired) electrons. The van der Waals surface area contributed by atoms with Crippen LogP contribution in [0.25, 0.3) is 11.3 Å². The Morgan fingerprint density at radius 3 is 2.75 bits per heavy atom. The average molecular weight is 344 g/mol. The highest BCUT2D eigenvalue weighted by atomic mass is 32.2. The highest BCUT2D eigenvalue weighted by Gasteiger charge is 2.16. The van der Waals surface area contributed by atoms with Crippen molar-refractivity contribution in [3.05, 3.63) is 48.2 Å². The van der Waals surface area contributed by atoms with E-state index in [4.69, 9.17) is 9.26 Å². The second-order valence-electron chi connectivity index (χ2n) is 5.25. The molecule has 3 rings (SSSR count). The summed E-state index contributed by atoms with van der Waals surface area (Å²) in [6, 6.07) is 10.1. The maximum atomic E-state index is 5.49. The molecule has 7 heteroatoms. The van der Waals surface area contributed by atoms with E-state index in [0.717, 1.165) is 16.4 Å². The standard InChI is InChI=1S/C17H20N4O2S/c1-4-22-12(2)16-19-15(23-20-16)11-21-10-14(18-17(21)24-3)13-8-6-5-7-9-13/h5-10,12H,4,11H2,1-3H3/t12-/m0/s1. The minimum absolute atomic E-state index is 0.171. The first-order valence-electron chi connectivity index (χ1n) is 7.82. The first-order chi connectivity index (χ1) is 11.7. The zero-order chi connectivity index (χ0) is 16.9. The molecule has 0 N–H and O–H groups in total. The van der Waals surface area contributed by atoms with Crippen LogP contribution >= 0.6 is 11.8 Å². The Balaban J connectivity index is 1.81. The summed E-state index contributed by atoms with van der Waals surface area (Å²) in [5.41, 5.74) is 2.02. The average Bonchev–Trinajstić information content (AvgIpc) is 3.23. The summed E-state index contributed by atoms with van der Waals surface area (Å²) in [6.07, 6.45) is 3.84. The Hall–Kier alpha value is -2.12. The van der Waals surface area contributed by atoms with Crippen molar-refractivity contribution in [2.24, 2.45) is 0 Å². The highest BCUT2D eigenvalue weighted by molar-refractivity contribution is 7.98. The fourth-order valence-corrected chi connectivity index (χ4v) is 2.93. The van der Waals surface area contributed by atoms with Gasteiger partial charge < -0.3 is 13.8 Å². The molecule has 1 atom stereocenters. The SMILES string of the molecule is CCO[C@@H](C)c1noc(Cn2cc(-c3ccccc3)nc2SC)n1. The van der Waals surface area contributed by atoms with Gasteiger partial charge in [-0.15, -0.1) is 0 Å². The zero-order valence-electron chi connectivity index (χ0n) is 14.0. The van der Waals surface area contributed by atoms with Gasteiger partial charge in [0.1, 0.15) is 12.6 Å². The van der Waals surface area contributed by atoms with Crippen LogP contribution in [0.1, 0.15) is 31.7 Å². The van der Waals surface area contributed by atoms with E-state index >= 15 is 0 Å². The van der Waals surface area contributed by atoms with Crippen LogP contribution < -0.4 is 0 Å². The molecule has 2 heterocycles. The summed E-state index contributed by atoms with van der Waals surface area (Å²) in [6.45, 7) is 4.96. The lowest BCUT2D eigenvalue weighted by atomic mass is 10.2. The quantitative estimate of drug-likeness (QED) is 0.607. The Labute approximate surface area is 145 Å². The first-order valence-corrected chi connectivity index (χ1v) is 9.04. The number of imidazole rings is 1. The second kappa shape index (κ2) is 7.63. The molecule has 0 spiro atoms. The van der Waals surface area contributed by atoms with Crippen LogP contribution in [0, 0.1) is 0 Å². The number of aromatic nitrogens is 4. The lowest BCUT2D eigenvalue weighted by molar-refractivity contribution is 0.0683. The highest BCUT2D eigenvalue weighted by Crippen LogP contribution is 2.24. The van der Waals surface area contributed by atoms with Crippen molar-refractivity contribution in [1.29, 1.82) is 0 Å². The van der Waals surface area contributed by atoms with Gasteiger partial charge in [-0.2, -0.15) is 4.98 Å². The predicted molar refractivity (Wildman–Crippen MR) is 92.9 cm³/mol. The van der Waals surface area contributed by atoms with Crippen LogP contribution in [0.3, 0.4) is 0 Å². The van der Waals surface area contributed by atoms with Crippen LogP contribution in [0.5, 0.6) is 0 Å². The lowest BCUT2D eigenvalue weighted by Gasteiger charge is -2.05. The summed E-state index contributed by atoms with van der Waals surface area (Å²) in [4.78, 5) is 9.10. The first kappa shape index (κ1) is 16.7. The number of thioether (sulfide) groups is 1. The summed E-state index contributed by atoms with van der Waals surface area (Å²) in [5, 5.41) is 4.91. The molecule has 0 fully saturated rings. The van der Waals surface area contributed by atoms with Gasteiger partial charge in [-0.1, -0.05) is 47.3 Å². The van der Waals surface area contributed by atoms with Crippen molar-refractivity contribution >= 4 is 11.8 Å². The Kier molecular flexibility index (Phi) is 5.32. The number of nitrogens with zero attached hydrogens (tertiary/aromatic N) is 4. The summed E-state index contributed by atoms with van der Waals surface area (Å²) < 4.78 is 12.9. The normalized spacial score (nSPS) is 12.5. The van der Waals surface area contributed by atoms with Crippen LogP contribution in [0.4, 0.5) is 0 Å². The van der Waals surface area contributed by atoms with Crippen molar-refractivity contribution in [1.82, 2.24) is 19.7 Å². The van der Waals surface area contributed by atoms with E-state index in [0.29, 0.717) is 24.9 Å². The third kappa shape index (κ3) is 3.68. The smallest absolute Gasteiger partial charge is 0.246 e. The van der Waals surface area contributed by atoms with Gasteiger partial charge in [-0.3, -0.25) is 0 Å². The third-order valence-electron chi connectivity index (χ3n) is 3.56. The van der Waals surface area contributed by atoms with Crippen molar-refractivity contribution in [3.63, 3.8) is 0 Å². The molecule has 0 bridgehead atoms. The van der Waals surface area contributed by atoms with Crippen LogP contribution in [0.15, 0.2) is 46.2 Å². The summed E-state index contributed by atoms with van der Waals surface area (Å²) in [5.74, 6) is 1.12. The van der Waals surface area contributed by atoms with E-state index in [1.165, 1.54) is 0 Å². The third-order valence-corrected chi connectivity index (χ3v) is 4.25. The van der Waals surface area contributed by atoms with Gasteiger partial charge in [0.15, 0.2) is 11.0 Å². The Morgan fingerprint density at radius 1 is 1.25 bits per heavy atom. The lowest BCUT2D eigenvalue weighted by Crippen LogP contribution is -2.03. The van der Waals surface area contributed by atoms with E-state index < -0.39 is 0 Å². The van der Waals surface area contributed by atoms with Gasteiger partial charge in [0.25, 0.3) is 0 Å². The molecule has 2 aromatic heterocycles. The van der Waals surface area contributed by atoms with Gasteiger partial charge >= 0.3 is 0 Å². The molecule has 0 unspecified atom stereocenters. The second-order valence-corrected chi connectivity index (χ2v) is 6.02. The summed E-state index contributed by atoms with van der Waals surface area (Å²) >= 11 is 1.59. The molecule has 126 valence electrons. The summed E-state index contributed by atoms with van der Waals surface area (Å²) in [7, 11) is 0. The van der Waals surface area contributed by atoms with Gasteiger partial charge in [0.05, 0.1) is 5.69 Å². The Bertz CT molecular complexity index is 785. The maximum absolute atomic E-state index is 5.49. The van der Waals surface area contributed by atoms with Crippen molar-refractivity contribution in [2.75, 3.05) is 12.9 Å². The number of rotatable bonds is 7. The van der Waals surface area contributed by atoms with E-state index in [1.54, 1.807) is 11.8 Å².